The molecular weight excluding hydrogens is 292 g/mol. The van der Waals surface area contributed by atoms with E-state index in [0.29, 0.717) is 0 Å². The summed E-state index contributed by atoms with van der Waals surface area (Å²) >= 11 is 3.49. The van der Waals surface area contributed by atoms with Crippen molar-refractivity contribution in [3.8, 4) is 11.6 Å². The van der Waals surface area contributed by atoms with Crippen molar-refractivity contribution in [1.29, 1.82) is 0 Å². The summed E-state index contributed by atoms with van der Waals surface area (Å²) < 4.78 is 7.82. The number of ether oxygens (including phenoxy) is 1. The third-order valence-electron chi connectivity index (χ3n) is 2.97. The number of aromatic nitrogens is 2. The fourth-order valence-corrected chi connectivity index (χ4v) is 2.53. The topological polar surface area (TPSA) is 27.1 Å². The smallest absolute Gasteiger partial charge is 0.221 e. The van der Waals surface area contributed by atoms with Crippen LogP contribution in [-0.4, -0.2) is 9.78 Å². The first-order valence-corrected chi connectivity index (χ1v) is 6.98. The minimum atomic E-state index is 0.743. The monoisotopic (exact) mass is 308 g/mol. The average molecular weight is 309 g/mol. The van der Waals surface area contributed by atoms with Crippen molar-refractivity contribution >= 4 is 15.9 Å². The maximum atomic E-state index is 6.03. The molecule has 0 atom stereocenters. The highest BCUT2D eigenvalue weighted by Gasteiger charge is 2.15. The van der Waals surface area contributed by atoms with Crippen molar-refractivity contribution in [3.63, 3.8) is 0 Å². The van der Waals surface area contributed by atoms with Gasteiger partial charge in [-0.3, -0.25) is 0 Å². The average Bonchev–Trinajstić information content (AvgIpc) is 2.58. The summed E-state index contributed by atoms with van der Waals surface area (Å²) in [5.74, 6) is 1.69. The Balaban J connectivity index is 2.42. The van der Waals surface area contributed by atoms with E-state index in [-0.39, 0.29) is 0 Å². The second kappa shape index (κ2) is 5.14. The normalized spacial score (nSPS) is 10.7. The van der Waals surface area contributed by atoms with Crippen LogP contribution in [0.25, 0.3) is 0 Å². The van der Waals surface area contributed by atoms with Crippen LogP contribution in [0.4, 0.5) is 0 Å². The molecule has 2 rings (SSSR count). The first-order chi connectivity index (χ1) is 8.52. The van der Waals surface area contributed by atoms with Gasteiger partial charge in [0, 0.05) is 17.9 Å². The number of hydrogen-bond acceptors (Lipinski definition) is 2. The van der Waals surface area contributed by atoms with Crippen LogP contribution >= 0.6 is 15.9 Å². The van der Waals surface area contributed by atoms with Crippen molar-refractivity contribution in [2.45, 2.75) is 26.1 Å². The summed E-state index contributed by atoms with van der Waals surface area (Å²) in [6.07, 6.45) is 0. The molecule has 0 aliphatic carbocycles. The second-order valence-corrected chi connectivity index (χ2v) is 5.06. The molecule has 0 radical (unpaired) electrons. The molecule has 0 saturated heterocycles. The third kappa shape index (κ3) is 2.43. The highest BCUT2D eigenvalue weighted by molar-refractivity contribution is 9.08. The van der Waals surface area contributed by atoms with Crippen molar-refractivity contribution in [1.82, 2.24) is 9.78 Å². The Hall–Kier alpha value is -1.29. The molecule has 0 fully saturated rings. The first-order valence-electron chi connectivity index (χ1n) is 5.86. The van der Waals surface area contributed by atoms with Gasteiger partial charge >= 0.3 is 0 Å². The molecule has 0 saturated carbocycles. The molecule has 0 N–H and O–H groups in total. The van der Waals surface area contributed by atoms with Gasteiger partial charge in [0.25, 0.3) is 0 Å². The predicted molar refractivity (Wildman–Crippen MR) is 76.6 cm³/mol. The van der Waals surface area contributed by atoms with E-state index in [0.717, 1.165) is 33.8 Å². The number of nitrogens with zero attached hydrogens (tertiary/aromatic N) is 2. The lowest BCUT2D eigenvalue weighted by molar-refractivity contribution is 0.424. The molecule has 3 nitrogen and oxygen atoms in total. The molecule has 0 bridgehead atoms. The molecule has 0 spiro atoms. The Morgan fingerprint density at radius 3 is 2.67 bits per heavy atom. The third-order valence-corrected chi connectivity index (χ3v) is 3.53. The quantitative estimate of drug-likeness (QED) is 0.800. The Kier molecular flexibility index (Phi) is 3.76. The summed E-state index contributed by atoms with van der Waals surface area (Å²) in [4.78, 5) is 0. The zero-order valence-electron chi connectivity index (χ0n) is 11.1. The zero-order valence-corrected chi connectivity index (χ0v) is 12.7. The van der Waals surface area contributed by atoms with Gasteiger partial charge in [-0.15, -0.1) is 0 Å². The van der Waals surface area contributed by atoms with Gasteiger partial charge in [0.15, 0.2) is 0 Å². The lowest BCUT2D eigenvalue weighted by Gasteiger charge is -2.10. The number of hydrogen-bond donors (Lipinski definition) is 0. The van der Waals surface area contributed by atoms with Gasteiger partial charge < -0.3 is 4.74 Å². The molecule has 0 unspecified atom stereocenters. The predicted octanol–water partition coefficient (Wildman–Crippen LogP) is 4.03. The van der Waals surface area contributed by atoms with E-state index < -0.39 is 0 Å². The molecular formula is C14H17BrN2O. The van der Waals surface area contributed by atoms with Crippen molar-refractivity contribution in [3.05, 3.63) is 40.6 Å². The van der Waals surface area contributed by atoms with E-state index in [9.17, 15) is 0 Å². The SMILES string of the molecule is Cc1ccc(C)c(Oc2c(CBr)c(C)nn2C)c1. The van der Waals surface area contributed by atoms with Crippen LogP contribution < -0.4 is 4.74 Å². The molecule has 4 heteroatoms. The molecule has 0 amide bonds. The number of aryl methyl sites for hydroxylation is 4. The highest BCUT2D eigenvalue weighted by Crippen LogP contribution is 2.31. The van der Waals surface area contributed by atoms with E-state index in [2.05, 4.69) is 46.2 Å². The molecule has 1 aromatic carbocycles. The lowest BCUT2D eigenvalue weighted by Crippen LogP contribution is -1.98. The number of rotatable bonds is 3. The molecule has 96 valence electrons. The zero-order chi connectivity index (χ0) is 13.3. The van der Waals surface area contributed by atoms with Crippen molar-refractivity contribution in [2.24, 2.45) is 7.05 Å². The van der Waals surface area contributed by atoms with Gasteiger partial charge in [-0.25, -0.2) is 4.68 Å². The standard InChI is InChI=1S/C14H17BrN2O/c1-9-5-6-10(2)13(7-9)18-14-12(8-15)11(3)16-17(14)4/h5-7H,8H2,1-4H3. The largest absolute Gasteiger partial charge is 0.439 e. The summed E-state index contributed by atoms with van der Waals surface area (Å²) in [6.45, 7) is 6.10. The molecule has 0 aliphatic heterocycles. The number of alkyl halides is 1. The van der Waals surface area contributed by atoms with Gasteiger partial charge in [0.1, 0.15) is 5.75 Å². The van der Waals surface area contributed by atoms with Gasteiger partial charge in [-0.1, -0.05) is 28.1 Å². The highest BCUT2D eigenvalue weighted by atomic mass is 79.9. The molecule has 1 heterocycles. The number of halogens is 1. The van der Waals surface area contributed by atoms with Crippen LogP contribution in [0.15, 0.2) is 18.2 Å². The molecule has 18 heavy (non-hydrogen) atoms. The fourth-order valence-electron chi connectivity index (χ4n) is 1.88. The van der Waals surface area contributed by atoms with Gasteiger partial charge in [-0.05, 0) is 38.0 Å². The van der Waals surface area contributed by atoms with Crippen LogP contribution in [0.3, 0.4) is 0 Å². The summed E-state index contributed by atoms with van der Waals surface area (Å²) in [6, 6.07) is 6.21. The Morgan fingerprint density at radius 2 is 2.00 bits per heavy atom. The summed E-state index contributed by atoms with van der Waals surface area (Å²) in [5, 5.41) is 5.13. The maximum absolute atomic E-state index is 6.03. The van der Waals surface area contributed by atoms with Crippen LogP contribution in [0.1, 0.15) is 22.4 Å². The first kappa shape index (κ1) is 13.1. The van der Waals surface area contributed by atoms with Crippen LogP contribution in [0.2, 0.25) is 0 Å². The van der Waals surface area contributed by atoms with E-state index in [1.165, 1.54) is 5.56 Å². The summed E-state index contributed by atoms with van der Waals surface area (Å²) in [5.41, 5.74) is 4.41. The number of benzene rings is 1. The van der Waals surface area contributed by atoms with Crippen LogP contribution in [-0.2, 0) is 12.4 Å². The second-order valence-electron chi connectivity index (χ2n) is 4.50. The molecule has 1 aromatic heterocycles. The van der Waals surface area contributed by atoms with Crippen molar-refractivity contribution in [2.75, 3.05) is 0 Å². The van der Waals surface area contributed by atoms with Crippen LogP contribution in [0, 0.1) is 20.8 Å². The molecule has 0 aliphatic rings. The lowest BCUT2D eigenvalue weighted by atomic mass is 10.1. The Bertz CT molecular complexity index is 575. The Morgan fingerprint density at radius 1 is 1.28 bits per heavy atom. The fraction of sp³-hybridized carbons (Fsp3) is 0.357. The summed E-state index contributed by atoms with van der Waals surface area (Å²) in [7, 11) is 1.90. The van der Waals surface area contributed by atoms with Gasteiger partial charge in [0.05, 0.1) is 5.69 Å². The van der Waals surface area contributed by atoms with E-state index in [1.807, 2.05) is 20.9 Å². The minimum Gasteiger partial charge on any atom is -0.439 e. The minimum absolute atomic E-state index is 0.743. The van der Waals surface area contributed by atoms with E-state index in [4.69, 9.17) is 4.74 Å². The van der Waals surface area contributed by atoms with Crippen molar-refractivity contribution < 1.29 is 4.74 Å². The van der Waals surface area contributed by atoms with E-state index >= 15 is 0 Å². The van der Waals surface area contributed by atoms with Crippen LogP contribution in [0.5, 0.6) is 11.6 Å². The molecule has 2 aromatic rings. The van der Waals surface area contributed by atoms with Gasteiger partial charge in [0.2, 0.25) is 5.88 Å². The maximum Gasteiger partial charge on any atom is 0.221 e. The Labute approximate surface area is 116 Å². The van der Waals surface area contributed by atoms with Gasteiger partial charge in [-0.2, -0.15) is 5.10 Å². The van der Waals surface area contributed by atoms with E-state index in [1.54, 1.807) is 4.68 Å².